The highest BCUT2D eigenvalue weighted by Gasteiger charge is 2.20. The van der Waals surface area contributed by atoms with Gasteiger partial charge in [0.25, 0.3) is 5.91 Å². The molecule has 0 saturated carbocycles. The molecule has 1 heterocycles. The summed E-state index contributed by atoms with van der Waals surface area (Å²) in [5.74, 6) is 1.88. The van der Waals surface area contributed by atoms with E-state index >= 15 is 0 Å². The van der Waals surface area contributed by atoms with E-state index in [1.165, 1.54) is 5.56 Å². The van der Waals surface area contributed by atoms with Gasteiger partial charge in [-0.3, -0.25) is 9.69 Å². The third-order valence-corrected chi connectivity index (χ3v) is 5.25. The Hall–Kier alpha value is -2.86. The number of rotatable bonds is 8. The number of hydrogen-bond acceptors (Lipinski definition) is 5. The van der Waals surface area contributed by atoms with Gasteiger partial charge in [-0.2, -0.15) is 5.10 Å². The molecule has 0 aromatic heterocycles. The SMILES string of the molecule is COc1ccc(/C=N/NC(=O)CN2CCC(Cc3ccccc3)CC2)cc1OC. The van der Waals surface area contributed by atoms with Crippen LogP contribution in [0.25, 0.3) is 0 Å². The van der Waals surface area contributed by atoms with E-state index < -0.39 is 0 Å². The van der Waals surface area contributed by atoms with Gasteiger partial charge in [-0.05, 0) is 67.6 Å². The van der Waals surface area contributed by atoms with Gasteiger partial charge in [-0.1, -0.05) is 30.3 Å². The summed E-state index contributed by atoms with van der Waals surface area (Å²) in [6.45, 7) is 2.27. The summed E-state index contributed by atoms with van der Waals surface area (Å²) in [6, 6.07) is 16.1. The van der Waals surface area contributed by atoms with Crippen molar-refractivity contribution >= 4 is 12.1 Å². The predicted molar refractivity (Wildman–Crippen MR) is 115 cm³/mol. The van der Waals surface area contributed by atoms with Crippen molar-refractivity contribution < 1.29 is 14.3 Å². The van der Waals surface area contributed by atoms with Gasteiger partial charge in [0, 0.05) is 0 Å². The molecule has 6 heteroatoms. The number of carbonyl (C=O) groups is 1. The summed E-state index contributed by atoms with van der Waals surface area (Å²) in [5.41, 5.74) is 4.83. The molecule has 1 aliphatic heterocycles. The van der Waals surface area contributed by atoms with Gasteiger partial charge >= 0.3 is 0 Å². The molecule has 0 bridgehead atoms. The molecule has 0 spiro atoms. The van der Waals surface area contributed by atoms with Crippen LogP contribution in [-0.2, 0) is 11.2 Å². The molecule has 0 atom stereocenters. The van der Waals surface area contributed by atoms with Crippen LogP contribution in [0.3, 0.4) is 0 Å². The molecule has 1 fully saturated rings. The molecular weight excluding hydrogens is 366 g/mol. The number of amides is 1. The average molecular weight is 396 g/mol. The van der Waals surface area contributed by atoms with Crippen molar-refractivity contribution in [1.29, 1.82) is 0 Å². The third-order valence-electron chi connectivity index (χ3n) is 5.25. The van der Waals surface area contributed by atoms with Crippen molar-refractivity contribution in [3.8, 4) is 11.5 Å². The van der Waals surface area contributed by atoms with Crippen molar-refractivity contribution in [3.05, 3.63) is 59.7 Å². The molecule has 0 aliphatic carbocycles. The molecule has 1 aliphatic rings. The maximum absolute atomic E-state index is 12.2. The lowest BCUT2D eigenvalue weighted by Crippen LogP contribution is -2.40. The fourth-order valence-electron chi connectivity index (χ4n) is 3.65. The van der Waals surface area contributed by atoms with Crippen molar-refractivity contribution in [2.45, 2.75) is 19.3 Å². The Labute approximate surface area is 172 Å². The highest BCUT2D eigenvalue weighted by molar-refractivity contribution is 5.83. The lowest BCUT2D eigenvalue weighted by Gasteiger charge is -2.31. The van der Waals surface area contributed by atoms with Crippen molar-refractivity contribution in [2.75, 3.05) is 33.9 Å². The number of hydrogen-bond donors (Lipinski definition) is 1. The second kappa shape index (κ2) is 10.6. The highest BCUT2D eigenvalue weighted by Crippen LogP contribution is 2.26. The average Bonchev–Trinajstić information content (AvgIpc) is 2.75. The summed E-state index contributed by atoms with van der Waals surface area (Å²) in [7, 11) is 3.18. The third kappa shape index (κ3) is 6.32. The molecule has 29 heavy (non-hydrogen) atoms. The fourth-order valence-corrected chi connectivity index (χ4v) is 3.65. The van der Waals surface area contributed by atoms with Crippen LogP contribution in [0.1, 0.15) is 24.0 Å². The van der Waals surface area contributed by atoms with E-state index in [2.05, 4.69) is 45.8 Å². The molecular formula is C23H29N3O3. The number of benzene rings is 2. The summed E-state index contributed by atoms with van der Waals surface area (Å²) >= 11 is 0. The van der Waals surface area contributed by atoms with Gasteiger partial charge in [0.05, 0.1) is 27.0 Å². The van der Waals surface area contributed by atoms with Crippen molar-refractivity contribution in [2.24, 2.45) is 11.0 Å². The minimum Gasteiger partial charge on any atom is -0.493 e. The molecule has 1 saturated heterocycles. The van der Waals surface area contributed by atoms with E-state index in [1.54, 1.807) is 20.4 Å². The lowest BCUT2D eigenvalue weighted by molar-refractivity contribution is -0.122. The zero-order valence-electron chi connectivity index (χ0n) is 17.1. The maximum Gasteiger partial charge on any atom is 0.254 e. The van der Waals surface area contributed by atoms with Crippen LogP contribution in [0.15, 0.2) is 53.6 Å². The molecule has 154 valence electrons. The van der Waals surface area contributed by atoms with E-state index in [9.17, 15) is 4.79 Å². The Morgan fingerprint density at radius 2 is 1.83 bits per heavy atom. The maximum atomic E-state index is 12.2. The molecule has 1 amide bonds. The Bertz CT molecular complexity index is 815. The molecule has 1 N–H and O–H groups in total. The first-order valence-electron chi connectivity index (χ1n) is 9.98. The number of piperidine rings is 1. The van der Waals surface area contributed by atoms with E-state index in [0.717, 1.165) is 37.9 Å². The lowest BCUT2D eigenvalue weighted by atomic mass is 9.90. The Morgan fingerprint density at radius 3 is 2.52 bits per heavy atom. The van der Waals surface area contributed by atoms with Crippen LogP contribution in [0.4, 0.5) is 0 Å². The number of ether oxygens (including phenoxy) is 2. The normalized spacial score (nSPS) is 15.4. The first-order chi connectivity index (χ1) is 14.2. The topological polar surface area (TPSA) is 63.2 Å². The second-order valence-electron chi connectivity index (χ2n) is 7.32. The van der Waals surface area contributed by atoms with Gasteiger partial charge in [0.15, 0.2) is 11.5 Å². The van der Waals surface area contributed by atoms with E-state index in [0.29, 0.717) is 24.0 Å². The number of methoxy groups -OCH3 is 2. The predicted octanol–water partition coefficient (Wildman–Crippen LogP) is 3.11. The smallest absolute Gasteiger partial charge is 0.254 e. The second-order valence-corrected chi connectivity index (χ2v) is 7.32. The Morgan fingerprint density at radius 1 is 1.10 bits per heavy atom. The first kappa shape index (κ1) is 20.9. The summed E-state index contributed by atoms with van der Waals surface area (Å²) in [5, 5.41) is 4.06. The monoisotopic (exact) mass is 395 g/mol. The Balaban J connectivity index is 1.40. The molecule has 6 nitrogen and oxygen atoms in total. The van der Waals surface area contributed by atoms with Gasteiger partial charge in [0.1, 0.15) is 0 Å². The number of hydrazone groups is 1. The number of nitrogens with zero attached hydrogens (tertiary/aromatic N) is 2. The standard InChI is InChI=1S/C23H29N3O3/c1-28-21-9-8-20(15-22(21)29-2)16-24-25-23(27)17-26-12-10-19(11-13-26)14-18-6-4-3-5-7-18/h3-9,15-16,19H,10-14,17H2,1-2H3,(H,25,27)/b24-16+. The van der Waals surface area contributed by atoms with Gasteiger partial charge in [-0.15, -0.1) is 0 Å². The molecule has 2 aromatic carbocycles. The molecule has 0 radical (unpaired) electrons. The summed E-state index contributed by atoms with van der Waals surface area (Å²) < 4.78 is 10.5. The summed E-state index contributed by atoms with van der Waals surface area (Å²) in [6.07, 6.45) is 4.97. The zero-order valence-corrected chi connectivity index (χ0v) is 17.1. The Kier molecular flexibility index (Phi) is 7.64. The number of likely N-dealkylation sites (tertiary alicyclic amines) is 1. The van der Waals surface area contributed by atoms with Crippen LogP contribution in [0.5, 0.6) is 11.5 Å². The highest BCUT2D eigenvalue weighted by atomic mass is 16.5. The number of nitrogens with one attached hydrogen (secondary N) is 1. The molecule has 2 aromatic rings. The first-order valence-corrected chi connectivity index (χ1v) is 9.98. The van der Waals surface area contributed by atoms with Crippen LogP contribution in [-0.4, -0.2) is 50.9 Å². The largest absolute Gasteiger partial charge is 0.493 e. The number of carbonyl (C=O) groups excluding carboxylic acids is 1. The van der Waals surface area contributed by atoms with Crippen LogP contribution < -0.4 is 14.9 Å². The quantitative estimate of drug-likeness (QED) is 0.551. The van der Waals surface area contributed by atoms with Gasteiger partial charge < -0.3 is 9.47 Å². The summed E-state index contributed by atoms with van der Waals surface area (Å²) in [4.78, 5) is 14.4. The fraction of sp³-hybridized carbons (Fsp3) is 0.391. The van der Waals surface area contributed by atoms with Gasteiger partial charge in [0.2, 0.25) is 0 Å². The van der Waals surface area contributed by atoms with Crippen LogP contribution >= 0.6 is 0 Å². The van der Waals surface area contributed by atoms with Crippen molar-refractivity contribution in [1.82, 2.24) is 10.3 Å². The van der Waals surface area contributed by atoms with Crippen LogP contribution in [0.2, 0.25) is 0 Å². The minimum atomic E-state index is -0.0942. The van der Waals surface area contributed by atoms with E-state index in [4.69, 9.17) is 9.47 Å². The molecule has 0 unspecified atom stereocenters. The van der Waals surface area contributed by atoms with Crippen LogP contribution in [0, 0.1) is 5.92 Å². The van der Waals surface area contributed by atoms with Gasteiger partial charge in [-0.25, -0.2) is 5.43 Å². The molecule has 3 rings (SSSR count). The minimum absolute atomic E-state index is 0.0942. The zero-order chi connectivity index (χ0) is 20.5. The van der Waals surface area contributed by atoms with E-state index in [-0.39, 0.29) is 5.91 Å². The van der Waals surface area contributed by atoms with E-state index in [1.807, 2.05) is 18.2 Å². The van der Waals surface area contributed by atoms with Crippen molar-refractivity contribution in [3.63, 3.8) is 0 Å².